The van der Waals surface area contributed by atoms with Gasteiger partial charge < -0.3 is 14.8 Å². The highest BCUT2D eigenvalue weighted by Gasteiger charge is 2.32. The number of aromatic nitrogens is 1. The number of aliphatic hydroxyl groups is 1. The van der Waals surface area contributed by atoms with Gasteiger partial charge in [0, 0.05) is 41.4 Å². The predicted octanol–water partition coefficient (Wildman–Crippen LogP) is 3.79. The van der Waals surface area contributed by atoms with Gasteiger partial charge in [-0.3, -0.25) is 4.79 Å². The molecule has 1 unspecified atom stereocenters. The molecule has 0 aliphatic heterocycles. The van der Waals surface area contributed by atoms with E-state index in [9.17, 15) is 23.4 Å². The van der Waals surface area contributed by atoms with E-state index >= 15 is 0 Å². The summed E-state index contributed by atoms with van der Waals surface area (Å²) in [6.07, 6.45) is 2.93. The summed E-state index contributed by atoms with van der Waals surface area (Å²) in [4.78, 5) is 11.7. The number of rotatable bonds is 7. The van der Waals surface area contributed by atoms with Gasteiger partial charge in [0.2, 0.25) is 0 Å². The summed E-state index contributed by atoms with van der Waals surface area (Å²) in [6, 6.07) is 10.8. The summed E-state index contributed by atoms with van der Waals surface area (Å²) in [7, 11) is -3.44. The Balaban J connectivity index is 2.00. The van der Waals surface area contributed by atoms with Crippen LogP contribution in [0, 0.1) is 0 Å². The molecule has 1 heterocycles. The number of fused-ring (bicyclic) bond motifs is 3. The molecule has 1 aliphatic carbocycles. The van der Waals surface area contributed by atoms with Gasteiger partial charge in [0.05, 0.1) is 16.8 Å². The zero-order valence-electron chi connectivity index (χ0n) is 17.1. The Morgan fingerprint density at radius 2 is 1.94 bits per heavy atom. The first-order valence-electron chi connectivity index (χ1n) is 10.1. The van der Waals surface area contributed by atoms with E-state index in [2.05, 4.69) is 4.57 Å². The minimum atomic E-state index is -3.44. The number of carboxylic acid groups (broad SMARTS) is 1. The van der Waals surface area contributed by atoms with Crippen molar-refractivity contribution in [3.63, 3.8) is 0 Å². The number of nitrogens with zero attached hydrogens (tertiary/aromatic N) is 1. The fourth-order valence-electron chi connectivity index (χ4n) is 4.69. The molecule has 0 saturated heterocycles. The highest BCUT2D eigenvalue weighted by molar-refractivity contribution is 7.90. The Morgan fingerprint density at radius 3 is 2.55 bits per heavy atom. The van der Waals surface area contributed by atoms with E-state index in [1.54, 1.807) is 12.1 Å². The Hall–Kier alpha value is -2.35. The third-order valence-corrected chi connectivity index (χ3v) is 7.32. The smallest absolute Gasteiger partial charge is 0.304 e. The second-order valence-electron chi connectivity index (χ2n) is 8.13. The predicted molar refractivity (Wildman–Crippen MR) is 120 cm³/mol. The number of benzene rings is 2. The topological polar surface area (TPSA) is 96.6 Å². The van der Waals surface area contributed by atoms with E-state index in [4.69, 9.17) is 11.6 Å². The Labute approximate surface area is 186 Å². The van der Waals surface area contributed by atoms with Crippen LogP contribution in [-0.2, 0) is 34.0 Å². The number of aliphatic hydroxyl groups excluding tert-OH is 1. The van der Waals surface area contributed by atoms with E-state index in [-0.39, 0.29) is 23.8 Å². The molecule has 164 valence electrons. The number of aryl methyl sites for hydroxylation is 1. The number of halogens is 1. The number of hydrogen-bond acceptors (Lipinski definition) is 4. The third-order valence-electron chi connectivity index (χ3n) is 5.97. The van der Waals surface area contributed by atoms with Crippen LogP contribution in [0.5, 0.6) is 0 Å². The van der Waals surface area contributed by atoms with Gasteiger partial charge in [0.25, 0.3) is 0 Å². The number of aliphatic carboxylic acids is 1. The van der Waals surface area contributed by atoms with Gasteiger partial charge >= 0.3 is 5.97 Å². The van der Waals surface area contributed by atoms with E-state index in [1.807, 2.05) is 24.3 Å². The molecule has 8 heteroatoms. The van der Waals surface area contributed by atoms with Gasteiger partial charge in [-0.15, -0.1) is 0 Å². The lowest BCUT2D eigenvalue weighted by atomic mass is 10.0. The van der Waals surface area contributed by atoms with Gasteiger partial charge in [0.1, 0.15) is 0 Å². The molecule has 1 atom stereocenters. The van der Waals surface area contributed by atoms with E-state index in [0.717, 1.165) is 33.3 Å². The van der Waals surface area contributed by atoms with Gasteiger partial charge in [-0.1, -0.05) is 23.7 Å². The van der Waals surface area contributed by atoms with Crippen LogP contribution < -0.4 is 0 Å². The van der Waals surface area contributed by atoms with Crippen LogP contribution in [-0.4, -0.2) is 42.0 Å². The maximum Gasteiger partial charge on any atom is 0.304 e. The molecule has 0 fully saturated rings. The monoisotopic (exact) mass is 461 g/mol. The van der Waals surface area contributed by atoms with Crippen molar-refractivity contribution in [1.82, 2.24) is 4.57 Å². The largest absolute Gasteiger partial charge is 0.481 e. The Bertz CT molecular complexity index is 1260. The van der Waals surface area contributed by atoms with Crippen molar-refractivity contribution in [2.24, 2.45) is 0 Å². The van der Waals surface area contributed by atoms with Crippen LogP contribution in [0.15, 0.2) is 41.3 Å². The highest BCUT2D eigenvalue weighted by atomic mass is 35.5. The minimum Gasteiger partial charge on any atom is -0.481 e. The van der Waals surface area contributed by atoms with Crippen molar-refractivity contribution in [1.29, 1.82) is 0 Å². The van der Waals surface area contributed by atoms with Crippen LogP contribution in [0.3, 0.4) is 0 Å². The average molecular weight is 462 g/mol. The van der Waals surface area contributed by atoms with Crippen LogP contribution in [0.25, 0.3) is 10.9 Å². The summed E-state index contributed by atoms with van der Waals surface area (Å²) < 4.78 is 26.7. The minimum absolute atomic E-state index is 0.0260. The van der Waals surface area contributed by atoms with Crippen molar-refractivity contribution in [2.45, 2.75) is 43.0 Å². The fourth-order valence-corrected chi connectivity index (χ4v) is 5.51. The van der Waals surface area contributed by atoms with Gasteiger partial charge in [-0.25, -0.2) is 8.42 Å². The Kier molecular flexibility index (Phi) is 5.85. The maximum absolute atomic E-state index is 12.3. The van der Waals surface area contributed by atoms with Crippen molar-refractivity contribution in [2.75, 3.05) is 12.9 Å². The molecule has 0 amide bonds. The van der Waals surface area contributed by atoms with Gasteiger partial charge in [-0.2, -0.15) is 0 Å². The molecule has 0 bridgehead atoms. The van der Waals surface area contributed by atoms with Crippen molar-refractivity contribution in [3.05, 3.63) is 63.8 Å². The van der Waals surface area contributed by atoms with Gasteiger partial charge in [-0.05, 0) is 60.2 Å². The van der Waals surface area contributed by atoms with Crippen molar-refractivity contribution in [3.8, 4) is 0 Å². The van der Waals surface area contributed by atoms with E-state index in [1.165, 1.54) is 6.26 Å². The molecule has 0 saturated carbocycles. The lowest BCUT2D eigenvalue weighted by Gasteiger charge is -2.17. The molecular formula is C23H24ClNO5S. The number of carboxylic acids is 1. The first kappa shape index (κ1) is 21.9. The lowest BCUT2D eigenvalue weighted by molar-refractivity contribution is -0.137. The fraction of sp³-hybridized carbons (Fsp3) is 0.348. The summed E-state index contributed by atoms with van der Waals surface area (Å²) in [6.45, 7) is 0.396. The highest BCUT2D eigenvalue weighted by Crippen LogP contribution is 2.44. The third kappa shape index (κ3) is 4.22. The molecule has 3 aromatic rings. The average Bonchev–Trinajstić information content (AvgIpc) is 3.22. The standard InChI is InChI=1S/C23H24ClNO5S/c1-31(29,30)18-10-16(8-9-26)23-20(12-18)19-7-4-15(11-21(27)28)22(19)25(23)13-14-2-5-17(24)6-3-14/h2-3,5-6,10,12,15,26H,4,7-9,11,13H2,1H3,(H,27,28). The zero-order chi connectivity index (χ0) is 22.3. The van der Waals surface area contributed by atoms with Crippen molar-refractivity contribution >= 4 is 38.3 Å². The van der Waals surface area contributed by atoms with E-state index < -0.39 is 15.8 Å². The van der Waals surface area contributed by atoms with Crippen LogP contribution >= 0.6 is 11.6 Å². The summed E-state index contributed by atoms with van der Waals surface area (Å²) >= 11 is 6.03. The number of sulfone groups is 1. The Morgan fingerprint density at radius 1 is 1.23 bits per heavy atom. The SMILES string of the molecule is CS(=O)(=O)c1cc(CCO)c2c(c1)c1c(n2Cc2ccc(Cl)cc2)C(CC(=O)O)CC1. The molecule has 1 aliphatic rings. The summed E-state index contributed by atoms with van der Waals surface area (Å²) in [5, 5.41) is 20.6. The zero-order valence-corrected chi connectivity index (χ0v) is 18.7. The molecule has 31 heavy (non-hydrogen) atoms. The molecule has 2 aromatic carbocycles. The summed E-state index contributed by atoms with van der Waals surface area (Å²) in [5.41, 5.74) is 4.60. The number of hydrogen-bond donors (Lipinski definition) is 2. The second-order valence-corrected chi connectivity index (χ2v) is 10.6. The molecule has 1 aromatic heterocycles. The summed E-state index contributed by atoms with van der Waals surface area (Å²) in [5.74, 6) is -0.996. The molecule has 4 rings (SSSR count). The molecular weight excluding hydrogens is 438 g/mol. The molecule has 6 nitrogen and oxygen atoms in total. The molecule has 0 spiro atoms. The van der Waals surface area contributed by atoms with Crippen molar-refractivity contribution < 1.29 is 23.4 Å². The molecule has 2 N–H and O–H groups in total. The molecule has 0 radical (unpaired) electrons. The maximum atomic E-state index is 12.3. The first-order valence-corrected chi connectivity index (χ1v) is 12.4. The normalized spacial score (nSPS) is 16.0. The van der Waals surface area contributed by atoms with Crippen LogP contribution in [0.1, 0.15) is 41.1 Å². The van der Waals surface area contributed by atoms with Gasteiger partial charge in [0.15, 0.2) is 9.84 Å². The number of carbonyl (C=O) groups is 1. The van der Waals surface area contributed by atoms with Crippen LogP contribution in [0.4, 0.5) is 0 Å². The first-order chi connectivity index (χ1) is 14.7. The van der Waals surface area contributed by atoms with E-state index in [0.29, 0.717) is 30.8 Å². The quantitative estimate of drug-likeness (QED) is 0.558. The lowest BCUT2D eigenvalue weighted by Crippen LogP contribution is -2.12. The van der Waals surface area contributed by atoms with Crippen LogP contribution in [0.2, 0.25) is 5.02 Å². The second kappa shape index (κ2) is 8.30.